The van der Waals surface area contributed by atoms with Crippen LogP contribution in [0.2, 0.25) is 0 Å². The molecule has 3 saturated heterocycles. The van der Waals surface area contributed by atoms with Crippen LogP contribution < -0.4 is 9.62 Å². The molecule has 0 aromatic heterocycles. The molecule has 3 heterocycles. The molecule has 1 aromatic carbocycles. The molecule has 10 heteroatoms. The third-order valence-corrected chi connectivity index (χ3v) is 8.42. The summed E-state index contributed by atoms with van der Waals surface area (Å²) < 4.78 is 58.5. The number of nitrogens with one attached hydrogen (secondary N) is 1. The minimum Gasteiger partial charge on any atom is -0.372 e. The number of fused-ring (bicyclic) bond motifs is 5. The van der Waals surface area contributed by atoms with Gasteiger partial charge < -0.3 is 10.1 Å². The molecule has 1 aromatic rings. The molecule has 7 nitrogen and oxygen atoms in total. The maximum absolute atomic E-state index is 13.5. The molecule has 3 aliphatic rings. The highest BCUT2D eigenvalue weighted by atomic mass is 32.2. The Hall–Kier alpha value is -2.25. The van der Waals surface area contributed by atoms with Crippen LogP contribution in [-0.2, 0) is 19.6 Å². The molecule has 144 valence electrons. The van der Waals surface area contributed by atoms with E-state index >= 15 is 0 Å². The van der Waals surface area contributed by atoms with Gasteiger partial charge in [-0.1, -0.05) is 0 Å². The van der Waals surface area contributed by atoms with Crippen molar-refractivity contribution in [1.82, 2.24) is 5.32 Å². The fourth-order valence-electron chi connectivity index (χ4n) is 4.72. The van der Waals surface area contributed by atoms with Gasteiger partial charge in [0, 0.05) is 25.1 Å². The van der Waals surface area contributed by atoms with Crippen LogP contribution in [0.5, 0.6) is 0 Å². The average Bonchev–Trinajstić information content (AvgIpc) is 3.31. The number of carbonyl (C=O) groups excluding carboxylic acids is 1. The summed E-state index contributed by atoms with van der Waals surface area (Å²) in [7, 11) is -2.85. The maximum Gasteiger partial charge on any atom is 0.265 e. The Bertz CT molecular complexity index is 961. The number of nitrogens with zero attached hydrogens (tertiary/aromatic N) is 2. The first kappa shape index (κ1) is 18.1. The number of rotatable bonds is 3. The molecule has 4 rings (SSSR count). The van der Waals surface area contributed by atoms with E-state index in [4.69, 9.17) is 10.00 Å². The van der Waals surface area contributed by atoms with E-state index in [9.17, 15) is 22.0 Å². The van der Waals surface area contributed by atoms with Crippen molar-refractivity contribution in [3.8, 4) is 6.07 Å². The fraction of sp³-hybridized carbons (Fsp3) is 0.529. The number of benzene rings is 1. The van der Waals surface area contributed by atoms with Crippen LogP contribution in [0.1, 0.15) is 30.4 Å². The predicted molar refractivity (Wildman–Crippen MR) is 90.6 cm³/mol. The van der Waals surface area contributed by atoms with Crippen molar-refractivity contribution in [3.63, 3.8) is 0 Å². The number of nitriles is 1. The number of anilines is 1. The SMILES string of the molecule is CNC(=O)[C@]12[C@H](CN(c3ccc(C#N)c(C(F)F)c3)S1(=O)=O)[C@@H]1CC[C@H]2O1. The topological polar surface area (TPSA) is 99.5 Å². The zero-order valence-electron chi connectivity index (χ0n) is 14.4. The molecule has 3 fully saturated rings. The van der Waals surface area contributed by atoms with Crippen molar-refractivity contribution in [2.75, 3.05) is 17.9 Å². The molecule has 3 aliphatic heterocycles. The molecule has 0 spiro atoms. The molecule has 0 unspecified atom stereocenters. The molecule has 1 amide bonds. The summed E-state index contributed by atoms with van der Waals surface area (Å²) >= 11 is 0. The Morgan fingerprint density at radius 3 is 2.81 bits per heavy atom. The zero-order chi connectivity index (χ0) is 19.6. The van der Waals surface area contributed by atoms with Crippen LogP contribution in [0.15, 0.2) is 18.2 Å². The highest BCUT2D eigenvalue weighted by Crippen LogP contribution is 2.56. The Balaban J connectivity index is 1.85. The summed E-state index contributed by atoms with van der Waals surface area (Å²) in [4.78, 5) is 12.7. The smallest absolute Gasteiger partial charge is 0.265 e. The van der Waals surface area contributed by atoms with Crippen molar-refractivity contribution in [3.05, 3.63) is 29.3 Å². The minimum atomic E-state index is -4.22. The molecular formula is C17H17F2N3O4S. The summed E-state index contributed by atoms with van der Waals surface area (Å²) in [5, 5.41) is 11.4. The van der Waals surface area contributed by atoms with Gasteiger partial charge in [0.15, 0.2) is 0 Å². The van der Waals surface area contributed by atoms with Crippen LogP contribution in [0.4, 0.5) is 14.5 Å². The number of hydrogen-bond donors (Lipinski definition) is 1. The summed E-state index contributed by atoms with van der Waals surface area (Å²) in [6.45, 7) is -0.0223. The van der Waals surface area contributed by atoms with E-state index in [1.807, 2.05) is 0 Å². The van der Waals surface area contributed by atoms with Gasteiger partial charge in [0.1, 0.15) is 0 Å². The highest BCUT2D eigenvalue weighted by Gasteiger charge is 2.75. The highest BCUT2D eigenvalue weighted by molar-refractivity contribution is 7.95. The van der Waals surface area contributed by atoms with Crippen LogP contribution in [0, 0.1) is 17.2 Å². The maximum atomic E-state index is 13.5. The lowest BCUT2D eigenvalue weighted by Gasteiger charge is -2.32. The van der Waals surface area contributed by atoms with Crippen molar-refractivity contribution in [2.24, 2.45) is 5.92 Å². The normalized spacial score (nSPS) is 33.1. The number of ether oxygens (including phenoxy) is 1. The summed E-state index contributed by atoms with van der Waals surface area (Å²) in [5.41, 5.74) is -0.716. The van der Waals surface area contributed by atoms with E-state index in [2.05, 4.69) is 5.32 Å². The van der Waals surface area contributed by atoms with Crippen LogP contribution in [-0.4, -0.2) is 44.9 Å². The number of halogens is 2. The molecule has 0 radical (unpaired) electrons. The van der Waals surface area contributed by atoms with Crippen LogP contribution >= 0.6 is 0 Å². The van der Waals surface area contributed by atoms with Crippen LogP contribution in [0.25, 0.3) is 0 Å². The first-order chi connectivity index (χ1) is 12.8. The molecule has 2 bridgehead atoms. The van der Waals surface area contributed by atoms with E-state index in [1.165, 1.54) is 19.2 Å². The number of amides is 1. The predicted octanol–water partition coefficient (Wildman–Crippen LogP) is 1.31. The number of hydrogen-bond acceptors (Lipinski definition) is 5. The van der Waals surface area contributed by atoms with E-state index in [-0.39, 0.29) is 23.9 Å². The Labute approximate surface area is 154 Å². The number of carbonyl (C=O) groups is 1. The molecule has 1 N–H and O–H groups in total. The van der Waals surface area contributed by atoms with Crippen LogP contribution in [0.3, 0.4) is 0 Å². The summed E-state index contributed by atoms with van der Waals surface area (Å²) in [5.74, 6) is -1.21. The first-order valence-electron chi connectivity index (χ1n) is 8.51. The Morgan fingerprint density at radius 2 is 2.19 bits per heavy atom. The zero-order valence-corrected chi connectivity index (χ0v) is 15.2. The van der Waals surface area contributed by atoms with Gasteiger partial charge in [-0.05, 0) is 31.0 Å². The molecule has 0 saturated carbocycles. The lowest BCUT2D eigenvalue weighted by molar-refractivity contribution is -0.125. The van der Waals surface area contributed by atoms with Gasteiger partial charge in [0.25, 0.3) is 16.4 Å². The second-order valence-corrected chi connectivity index (χ2v) is 9.01. The summed E-state index contributed by atoms with van der Waals surface area (Å²) in [6.07, 6.45) is -2.92. The van der Waals surface area contributed by atoms with E-state index in [1.54, 1.807) is 6.07 Å². The standard InChI is InChI=1S/C17H17F2N3O4S/c1-21-16(23)17-12(13-4-5-14(17)26-13)8-22(27(17,24)25)10-3-2-9(7-20)11(6-10)15(18)19/h2-3,6,12-15H,4-5,8H2,1H3,(H,21,23)/t12-,13+,14-,17-/m1/s1. The Kier molecular flexibility index (Phi) is 3.94. The Morgan fingerprint density at radius 1 is 1.44 bits per heavy atom. The third-order valence-electron chi connectivity index (χ3n) is 5.87. The summed E-state index contributed by atoms with van der Waals surface area (Å²) in [6, 6.07) is 5.20. The van der Waals surface area contributed by atoms with Gasteiger partial charge in [-0.2, -0.15) is 5.26 Å². The average molecular weight is 397 g/mol. The third kappa shape index (κ3) is 2.12. The van der Waals surface area contributed by atoms with Crippen molar-refractivity contribution < 1.29 is 26.7 Å². The first-order valence-corrected chi connectivity index (χ1v) is 9.95. The van der Waals surface area contributed by atoms with E-state index < -0.39 is 44.7 Å². The number of alkyl halides is 2. The van der Waals surface area contributed by atoms with Crippen molar-refractivity contribution in [1.29, 1.82) is 5.26 Å². The number of sulfonamides is 1. The van der Waals surface area contributed by atoms with E-state index in [0.717, 1.165) is 10.4 Å². The van der Waals surface area contributed by atoms with Gasteiger partial charge in [0.2, 0.25) is 10.7 Å². The van der Waals surface area contributed by atoms with E-state index in [0.29, 0.717) is 12.8 Å². The molecule has 0 aliphatic carbocycles. The molecule has 27 heavy (non-hydrogen) atoms. The van der Waals surface area contributed by atoms with Crippen molar-refractivity contribution in [2.45, 2.75) is 36.2 Å². The second-order valence-electron chi connectivity index (χ2n) is 6.94. The molecular weight excluding hydrogens is 380 g/mol. The minimum absolute atomic E-state index is 0.0223. The largest absolute Gasteiger partial charge is 0.372 e. The van der Waals surface area contributed by atoms with Gasteiger partial charge in [-0.25, -0.2) is 17.2 Å². The van der Waals surface area contributed by atoms with Gasteiger partial charge in [-0.3, -0.25) is 9.10 Å². The second kappa shape index (κ2) is 5.87. The van der Waals surface area contributed by atoms with Gasteiger partial charge >= 0.3 is 0 Å². The molecule has 4 atom stereocenters. The lowest BCUT2D eigenvalue weighted by atomic mass is 9.78. The monoisotopic (exact) mass is 397 g/mol. The van der Waals surface area contributed by atoms with Crippen molar-refractivity contribution >= 4 is 21.6 Å². The van der Waals surface area contributed by atoms with Gasteiger partial charge in [-0.15, -0.1) is 0 Å². The van der Waals surface area contributed by atoms with Gasteiger partial charge in [0.05, 0.1) is 29.5 Å². The quantitative estimate of drug-likeness (QED) is 0.829. The fourth-order valence-corrected chi connectivity index (χ4v) is 7.28. The lowest BCUT2D eigenvalue weighted by Crippen LogP contribution is -2.60.